The van der Waals surface area contributed by atoms with Gasteiger partial charge in [-0.1, -0.05) is 19.1 Å². The van der Waals surface area contributed by atoms with Gasteiger partial charge in [-0.25, -0.2) is 0 Å². The maximum Gasteiger partial charge on any atom is 0.254 e. The molecule has 2 aliphatic heterocycles. The lowest BCUT2D eigenvalue weighted by atomic mass is 10.1. The minimum atomic E-state index is 0.191. The second-order valence-electron chi connectivity index (χ2n) is 7.42. The van der Waals surface area contributed by atoms with Crippen LogP contribution in [0.15, 0.2) is 24.3 Å². The van der Waals surface area contributed by atoms with Gasteiger partial charge in [0.1, 0.15) is 0 Å². The fraction of sp³-hybridized carbons (Fsp3) is 0.650. The molecule has 2 heterocycles. The van der Waals surface area contributed by atoms with E-state index in [1.807, 2.05) is 12.1 Å². The number of hydrogen-bond acceptors (Lipinski definition) is 4. The van der Waals surface area contributed by atoms with Gasteiger partial charge in [-0.05, 0) is 44.1 Å². The van der Waals surface area contributed by atoms with Crippen LogP contribution in [0, 0.1) is 0 Å². The molecule has 2 fully saturated rings. The average molecular weight is 345 g/mol. The van der Waals surface area contributed by atoms with Crippen LogP contribution >= 0.6 is 0 Å². The third kappa shape index (κ3) is 4.81. The van der Waals surface area contributed by atoms with Gasteiger partial charge in [0.15, 0.2) is 0 Å². The molecule has 1 atom stereocenters. The van der Waals surface area contributed by atoms with Crippen LogP contribution in [0.25, 0.3) is 0 Å². The molecule has 1 aromatic carbocycles. The first-order valence-electron chi connectivity index (χ1n) is 9.69. The zero-order valence-corrected chi connectivity index (χ0v) is 15.7. The standard InChI is InChI=1S/C20H32N4O/c1-3-9-24(19-7-8-21-15-19)20(25)18-6-4-5-17(14-18)16-23-12-10-22(2)11-13-23/h4-6,14,19,21H,3,7-13,15-16H2,1-2H3. The van der Waals surface area contributed by atoms with Crippen molar-refractivity contribution in [1.82, 2.24) is 20.0 Å². The first kappa shape index (κ1) is 18.4. The van der Waals surface area contributed by atoms with Crippen molar-refractivity contribution in [1.29, 1.82) is 0 Å². The highest BCUT2D eigenvalue weighted by atomic mass is 16.2. The molecule has 5 heteroatoms. The molecule has 0 spiro atoms. The summed E-state index contributed by atoms with van der Waals surface area (Å²) in [5.41, 5.74) is 2.09. The van der Waals surface area contributed by atoms with Crippen molar-refractivity contribution in [2.24, 2.45) is 0 Å². The average Bonchev–Trinajstić information content (AvgIpc) is 3.16. The Kier molecular flexibility index (Phi) is 6.45. The normalized spacial score (nSPS) is 22.2. The van der Waals surface area contributed by atoms with E-state index in [9.17, 15) is 4.79 Å². The maximum atomic E-state index is 13.1. The van der Waals surface area contributed by atoms with Gasteiger partial charge in [0, 0.05) is 57.4 Å². The number of nitrogens with one attached hydrogen (secondary N) is 1. The summed E-state index contributed by atoms with van der Waals surface area (Å²) in [6.07, 6.45) is 2.07. The number of carbonyl (C=O) groups is 1. The largest absolute Gasteiger partial charge is 0.334 e. The van der Waals surface area contributed by atoms with E-state index in [0.29, 0.717) is 6.04 Å². The summed E-state index contributed by atoms with van der Waals surface area (Å²) in [5.74, 6) is 0.191. The molecule has 1 N–H and O–H groups in total. The number of piperazine rings is 1. The van der Waals surface area contributed by atoms with Gasteiger partial charge in [0.25, 0.3) is 5.91 Å². The zero-order valence-electron chi connectivity index (χ0n) is 15.7. The molecule has 2 aliphatic rings. The molecule has 3 rings (SSSR count). The lowest BCUT2D eigenvalue weighted by Crippen LogP contribution is -2.44. The molecule has 25 heavy (non-hydrogen) atoms. The van der Waals surface area contributed by atoms with Crippen molar-refractivity contribution < 1.29 is 4.79 Å². The van der Waals surface area contributed by atoms with Crippen LogP contribution in [0.1, 0.15) is 35.7 Å². The van der Waals surface area contributed by atoms with Gasteiger partial charge in [0.2, 0.25) is 0 Å². The monoisotopic (exact) mass is 344 g/mol. The van der Waals surface area contributed by atoms with Crippen LogP contribution in [-0.2, 0) is 6.54 Å². The molecule has 1 aromatic rings. The third-order valence-electron chi connectivity index (χ3n) is 5.38. The van der Waals surface area contributed by atoms with Crippen molar-refractivity contribution in [3.63, 3.8) is 0 Å². The predicted octanol–water partition coefficient (Wildman–Crippen LogP) is 1.65. The molecule has 2 saturated heterocycles. The second-order valence-corrected chi connectivity index (χ2v) is 7.42. The van der Waals surface area contributed by atoms with E-state index in [0.717, 1.165) is 70.8 Å². The minimum absolute atomic E-state index is 0.191. The zero-order chi connectivity index (χ0) is 17.6. The molecular weight excluding hydrogens is 312 g/mol. The summed E-state index contributed by atoms with van der Waals surface area (Å²) in [5, 5.41) is 3.38. The molecule has 138 valence electrons. The van der Waals surface area contributed by atoms with Crippen LogP contribution in [0.2, 0.25) is 0 Å². The minimum Gasteiger partial charge on any atom is -0.334 e. The van der Waals surface area contributed by atoms with Gasteiger partial charge in [-0.15, -0.1) is 0 Å². The number of carbonyl (C=O) groups excluding carboxylic acids is 1. The number of amides is 1. The quantitative estimate of drug-likeness (QED) is 0.852. The fourth-order valence-electron chi connectivity index (χ4n) is 3.83. The van der Waals surface area contributed by atoms with Crippen LogP contribution < -0.4 is 5.32 Å². The Labute approximate surface area is 152 Å². The van der Waals surface area contributed by atoms with Crippen molar-refractivity contribution in [3.05, 3.63) is 35.4 Å². The summed E-state index contributed by atoms with van der Waals surface area (Å²) >= 11 is 0. The highest BCUT2D eigenvalue weighted by Crippen LogP contribution is 2.16. The first-order chi connectivity index (χ1) is 12.2. The van der Waals surface area contributed by atoms with Gasteiger partial charge in [-0.3, -0.25) is 9.69 Å². The molecule has 1 amide bonds. The molecule has 0 bridgehead atoms. The fourth-order valence-corrected chi connectivity index (χ4v) is 3.83. The van der Waals surface area contributed by atoms with Crippen LogP contribution in [0.5, 0.6) is 0 Å². The van der Waals surface area contributed by atoms with Crippen molar-refractivity contribution in [2.45, 2.75) is 32.4 Å². The van der Waals surface area contributed by atoms with Crippen LogP contribution in [-0.4, -0.2) is 79.5 Å². The van der Waals surface area contributed by atoms with Gasteiger partial charge < -0.3 is 15.1 Å². The van der Waals surface area contributed by atoms with E-state index in [4.69, 9.17) is 0 Å². The van der Waals surface area contributed by atoms with E-state index in [-0.39, 0.29) is 5.91 Å². The van der Waals surface area contributed by atoms with Crippen molar-refractivity contribution in [3.8, 4) is 0 Å². The van der Waals surface area contributed by atoms with Crippen LogP contribution in [0.4, 0.5) is 0 Å². The van der Waals surface area contributed by atoms with Gasteiger partial charge >= 0.3 is 0 Å². The molecule has 0 aromatic heterocycles. The lowest BCUT2D eigenvalue weighted by Gasteiger charge is -2.32. The Morgan fingerprint density at radius 1 is 1.28 bits per heavy atom. The Bertz CT molecular complexity index is 563. The van der Waals surface area contributed by atoms with E-state index < -0.39 is 0 Å². The van der Waals surface area contributed by atoms with Crippen molar-refractivity contribution >= 4 is 5.91 Å². The number of nitrogens with zero attached hydrogens (tertiary/aromatic N) is 3. The molecule has 5 nitrogen and oxygen atoms in total. The summed E-state index contributed by atoms with van der Waals surface area (Å²) in [6.45, 7) is 10.3. The van der Waals surface area contributed by atoms with Gasteiger partial charge in [0.05, 0.1) is 0 Å². The smallest absolute Gasteiger partial charge is 0.254 e. The number of hydrogen-bond donors (Lipinski definition) is 1. The Hall–Kier alpha value is -1.43. The number of benzene rings is 1. The molecule has 0 saturated carbocycles. The van der Waals surface area contributed by atoms with Gasteiger partial charge in [-0.2, -0.15) is 0 Å². The summed E-state index contributed by atoms with van der Waals surface area (Å²) < 4.78 is 0. The Balaban J connectivity index is 1.67. The topological polar surface area (TPSA) is 38.8 Å². The highest BCUT2D eigenvalue weighted by Gasteiger charge is 2.26. The molecular formula is C20H32N4O. The van der Waals surface area contributed by atoms with E-state index >= 15 is 0 Å². The number of rotatable bonds is 6. The molecule has 0 radical (unpaired) electrons. The highest BCUT2D eigenvalue weighted by molar-refractivity contribution is 5.94. The lowest BCUT2D eigenvalue weighted by molar-refractivity contribution is 0.0692. The summed E-state index contributed by atoms with van der Waals surface area (Å²) in [7, 11) is 2.18. The molecule has 1 unspecified atom stereocenters. The summed E-state index contributed by atoms with van der Waals surface area (Å²) in [4.78, 5) is 20.0. The Morgan fingerprint density at radius 3 is 2.76 bits per heavy atom. The SMILES string of the molecule is CCCN(C(=O)c1cccc(CN2CCN(C)CC2)c1)C1CCNC1. The van der Waals surface area contributed by atoms with E-state index in [1.165, 1.54) is 5.56 Å². The predicted molar refractivity (Wildman–Crippen MR) is 102 cm³/mol. The third-order valence-corrected chi connectivity index (χ3v) is 5.38. The maximum absolute atomic E-state index is 13.1. The molecule has 0 aliphatic carbocycles. The Morgan fingerprint density at radius 2 is 2.08 bits per heavy atom. The van der Waals surface area contributed by atoms with E-state index in [2.05, 4.69) is 46.1 Å². The first-order valence-corrected chi connectivity index (χ1v) is 9.69. The second kappa shape index (κ2) is 8.79. The van der Waals surface area contributed by atoms with Crippen molar-refractivity contribution in [2.75, 3.05) is 52.9 Å². The summed E-state index contributed by atoms with van der Waals surface area (Å²) in [6, 6.07) is 8.60. The number of likely N-dealkylation sites (N-methyl/N-ethyl adjacent to an activating group) is 1. The van der Waals surface area contributed by atoms with E-state index in [1.54, 1.807) is 0 Å². The van der Waals surface area contributed by atoms with Crippen LogP contribution in [0.3, 0.4) is 0 Å².